The number of hydrogen-bond acceptors (Lipinski definition) is 2. The highest BCUT2D eigenvalue weighted by Crippen LogP contribution is 2.30. The highest BCUT2D eigenvalue weighted by Gasteiger charge is 2.07. The van der Waals surface area contributed by atoms with Crippen molar-refractivity contribution < 1.29 is 9.53 Å². The van der Waals surface area contributed by atoms with Gasteiger partial charge in [0.25, 0.3) is 0 Å². The van der Waals surface area contributed by atoms with Gasteiger partial charge in [-0.2, -0.15) is 0 Å². The third kappa shape index (κ3) is 3.84. The summed E-state index contributed by atoms with van der Waals surface area (Å²) in [6.45, 7) is 2.05. The first-order valence-electron chi connectivity index (χ1n) is 6.70. The van der Waals surface area contributed by atoms with Gasteiger partial charge in [0.05, 0.1) is 5.02 Å². The molecule has 0 radical (unpaired) electrons. The van der Waals surface area contributed by atoms with Gasteiger partial charge in [-0.1, -0.05) is 54.9 Å². The summed E-state index contributed by atoms with van der Waals surface area (Å²) in [4.78, 5) is 11.4. The first-order valence-corrected chi connectivity index (χ1v) is 7.08. The van der Waals surface area contributed by atoms with Crippen LogP contribution in [0.25, 0.3) is 11.1 Å². The van der Waals surface area contributed by atoms with Crippen molar-refractivity contribution in [1.82, 2.24) is 0 Å². The van der Waals surface area contributed by atoms with Crippen LogP contribution in [0.1, 0.15) is 19.8 Å². The van der Waals surface area contributed by atoms with Crippen molar-refractivity contribution in [2.24, 2.45) is 0 Å². The van der Waals surface area contributed by atoms with Gasteiger partial charge in [-0.25, -0.2) is 0 Å². The second-order valence-corrected chi connectivity index (χ2v) is 5.00. The molecule has 0 N–H and O–H groups in total. The third-order valence-corrected chi connectivity index (χ3v) is 3.25. The average Bonchev–Trinajstić information content (AvgIpc) is 2.47. The van der Waals surface area contributed by atoms with Crippen LogP contribution >= 0.6 is 11.6 Å². The predicted octanol–water partition coefficient (Wildman–Crippen LogP) is 4.76. The van der Waals surface area contributed by atoms with E-state index in [9.17, 15) is 4.79 Å². The van der Waals surface area contributed by atoms with Gasteiger partial charge >= 0.3 is 0 Å². The highest BCUT2D eigenvalue weighted by molar-refractivity contribution is 6.32. The zero-order valence-corrected chi connectivity index (χ0v) is 12.2. The van der Waals surface area contributed by atoms with Gasteiger partial charge in [0, 0.05) is 6.42 Å². The monoisotopic (exact) mass is 288 g/mol. The maximum atomic E-state index is 11.4. The van der Waals surface area contributed by atoms with Crippen LogP contribution in [0.3, 0.4) is 0 Å². The van der Waals surface area contributed by atoms with E-state index in [1.54, 1.807) is 0 Å². The number of hydrogen-bond donors (Lipinski definition) is 0. The van der Waals surface area contributed by atoms with Crippen molar-refractivity contribution in [3.63, 3.8) is 0 Å². The minimum absolute atomic E-state index is 0.0816. The van der Waals surface area contributed by atoms with Crippen LogP contribution in [0.2, 0.25) is 5.02 Å². The molecule has 2 nitrogen and oxygen atoms in total. The standard InChI is InChI=1S/C17H17ClO2/c1-2-6-15(19)12-20-17-10-9-14(11-16(17)18)13-7-4-3-5-8-13/h3-5,7-11H,2,6,12H2,1H3. The summed E-state index contributed by atoms with van der Waals surface area (Å²) in [6, 6.07) is 15.6. The fraction of sp³-hybridized carbons (Fsp3) is 0.235. The van der Waals surface area contributed by atoms with Crippen LogP contribution in [0.4, 0.5) is 0 Å². The molecule has 0 saturated heterocycles. The predicted molar refractivity (Wildman–Crippen MR) is 82.3 cm³/mol. The number of Topliss-reactive ketones (excluding diaryl/α,β-unsaturated/α-hetero) is 1. The Morgan fingerprint density at radius 2 is 1.85 bits per heavy atom. The Balaban J connectivity index is 2.08. The van der Waals surface area contributed by atoms with Gasteiger partial charge in [-0.05, 0) is 29.7 Å². The number of carbonyl (C=O) groups is 1. The van der Waals surface area contributed by atoms with Crippen molar-refractivity contribution in [2.45, 2.75) is 19.8 Å². The summed E-state index contributed by atoms with van der Waals surface area (Å²) in [5.74, 6) is 0.645. The molecular formula is C17H17ClO2. The molecule has 0 spiro atoms. The smallest absolute Gasteiger partial charge is 0.170 e. The maximum Gasteiger partial charge on any atom is 0.170 e. The van der Waals surface area contributed by atoms with Crippen molar-refractivity contribution in [2.75, 3.05) is 6.61 Å². The molecule has 2 aromatic carbocycles. The first kappa shape index (κ1) is 14.6. The van der Waals surface area contributed by atoms with E-state index >= 15 is 0 Å². The molecule has 2 aromatic rings. The molecule has 20 heavy (non-hydrogen) atoms. The van der Waals surface area contributed by atoms with E-state index in [4.69, 9.17) is 16.3 Å². The second kappa shape index (κ2) is 7.11. The van der Waals surface area contributed by atoms with Gasteiger partial charge < -0.3 is 4.74 Å². The minimum atomic E-state index is 0.0816. The lowest BCUT2D eigenvalue weighted by Crippen LogP contribution is -2.10. The SMILES string of the molecule is CCCC(=O)COc1ccc(-c2ccccc2)cc1Cl. The van der Waals surface area contributed by atoms with E-state index in [2.05, 4.69) is 0 Å². The molecule has 0 bridgehead atoms. The van der Waals surface area contributed by atoms with E-state index in [-0.39, 0.29) is 12.4 Å². The molecule has 0 aliphatic heterocycles. The van der Waals surface area contributed by atoms with Crippen molar-refractivity contribution in [3.05, 3.63) is 53.6 Å². The number of ether oxygens (including phenoxy) is 1. The topological polar surface area (TPSA) is 26.3 Å². The Hall–Kier alpha value is -1.80. The Kier molecular flexibility index (Phi) is 5.19. The van der Waals surface area contributed by atoms with Crippen LogP contribution in [0.5, 0.6) is 5.75 Å². The molecule has 3 heteroatoms. The molecule has 0 aliphatic rings. The van der Waals surface area contributed by atoms with Gasteiger partial charge in [-0.15, -0.1) is 0 Å². The normalized spacial score (nSPS) is 10.3. The van der Waals surface area contributed by atoms with Crippen LogP contribution < -0.4 is 4.74 Å². The fourth-order valence-corrected chi connectivity index (χ4v) is 2.17. The minimum Gasteiger partial charge on any atom is -0.484 e. The van der Waals surface area contributed by atoms with E-state index in [1.165, 1.54) is 0 Å². The third-order valence-electron chi connectivity index (χ3n) is 2.96. The molecule has 0 amide bonds. The summed E-state index contributed by atoms with van der Waals surface area (Å²) in [6.07, 6.45) is 1.38. The van der Waals surface area contributed by atoms with Crippen molar-refractivity contribution in [3.8, 4) is 16.9 Å². The van der Waals surface area contributed by atoms with Crippen LogP contribution in [0, 0.1) is 0 Å². The quantitative estimate of drug-likeness (QED) is 0.766. The molecule has 0 heterocycles. The number of rotatable bonds is 6. The zero-order chi connectivity index (χ0) is 14.4. The summed E-state index contributed by atoms with van der Waals surface area (Å²) in [5.41, 5.74) is 2.13. The van der Waals surface area contributed by atoms with Gasteiger partial charge in [0.1, 0.15) is 12.4 Å². The van der Waals surface area contributed by atoms with Gasteiger partial charge in [0.2, 0.25) is 0 Å². The van der Waals surface area contributed by atoms with Crippen molar-refractivity contribution in [1.29, 1.82) is 0 Å². The maximum absolute atomic E-state index is 11.4. The Morgan fingerprint density at radius 1 is 1.10 bits per heavy atom. The molecule has 0 aliphatic carbocycles. The molecule has 0 saturated carbocycles. The molecular weight excluding hydrogens is 272 g/mol. The lowest BCUT2D eigenvalue weighted by molar-refractivity contribution is -0.121. The summed E-state index contributed by atoms with van der Waals surface area (Å²) in [5, 5.41) is 0.524. The second-order valence-electron chi connectivity index (χ2n) is 4.59. The average molecular weight is 289 g/mol. The number of carbonyl (C=O) groups excluding carboxylic acids is 1. The van der Waals surface area contributed by atoms with Crippen LogP contribution in [-0.4, -0.2) is 12.4 Å². The van der Waals surface area contributed by atoms with E-state index in [0.29, 0.717) is 17.2 Å². The number of ketones is 1. The Bertz CT molecular complexity index is 579. The Morgan fingerprint density at radius 3 is 2.50 bits per heavy atom. The number of halogens is 1. The van der Waals surface area contributed by atoms with Gasteiger partial charge in [0.15, 0.2) is 5.78 Å². The molecule has 104 valence electrons. The highest BCUT2D eigenvalue weighted by atomic mass is 35.5. The van der Waals surface area contributed by atoms with Crippen LogP contribution in [0.15, 0.2) is 48.5 Å². The summed E-state index contributed by atoms with van der Waals surface area (Å²) >= 11 is 6.20. The van der Waals surface area contributed by atoms with E-state index in [0.717, 1.165) is 17.5 Å². The Labute approximate surface area is 124 Å². The molecule has 0 unspecified atom stereocenters. The van der Waals surface area contributed by atoms with E-state index < -0.39 is 0 Å². The lowest BCUT2D eigenvalue weighted by Gasteiger charge is -2.09. The fourth-order valence-electron chi connectivity index (χ4n) is 1.94. The number of benzene rings is 2. The molecule has 0 atom stereocenters. The van der Waals surface area contributed by atoms with Crippen LogP contribution in [-0.2, 0) is 4.79 Å². The lowest BCUT2D eigenvalue weighted by atomic mass is 10.1. The largest absolute Gasteiger partial charge is 0.484 e. The molecule has 0 aromatic heterocycles. The first-order chi connectivity index (χ1) is 9.70. The van der Waals surface area contributed by atoms with Crippen molar-refractivity contribution >= 4 is 17.4 Å². The molecule has 2 rings (SSSR count). The van der Waals surface area contributed by atoms with E-state index in [1.807, 2.05) is 55.5 Å². The molecule has 0 fully saturated rings. The zero-order valence-electron chi connectivity index (χ0n) is 11.4. The summed E-state index contributed by atoms with van der Waals surface area (Å²) in [7, 11) is 0. The summed E-state index contributed by atoms with van der Waals surface area (Å²) < 4.78 is 5.46. The van der Waals surface area contributed by atoms with Gasteiger partial charge in [-0.3, -0.25) is 4.79 Å².